The van der Waals surface area contributed by atoms with Gasteiger partial charge in [-0.1, -0.05) is 20.8 Å². The minimum atomic E-state index is -0.0938. The number of carbonyl (C=O) groups excluding carboxylic acids is 2. The fourth-order valence-corrected chi connectivity index (χ4v) is 2.82. The second-order valence-corrected chi connectivity index (χ2v) is 7.11. The van der Waals surface area contributed by atoms with Gasteiger partial charge in [0.05, 0.1) is 0 Å². The highest BCUT2D eigenvalue weighted by molar-refractivity contribution is 5.77. The summed E-state index contributed by atoms with van der Waals surface area (Å²) in [6, 6.07) is -0.00677. The molecule has 20 heavy (non-hydrogen) atoms. The van der Waals surface area contributed by atoms with Gasteiger partial charge in [0, 0.05) is 38.5 Å². The molecule has 116 valence electrons. The van der Waals surface area contributed by atoms with Gasteiger partial charge in [0.25, 0.3) is 0 Å². The standard InChI is InChI=1S/C15H29N3O2/c1-11(19)17-13-6-5-7-18(10-13)14(20)8-12(16)9-15(2,3)4/h12-13H,5-10,16H2,1-4H3,(H,17,19). The van der Waals surface area contributed by atoms with Crippen molar-refractivity contribution >= 4 is 11.8 Å². The number of nitrogens with two attached hydrogens (primary N) is 1. The number of piperidine rings is 1. The maximum Gasteiger partial charge on any atom is 0.224 e. The molecule has 2 unspecified atom stereocenters. The molecule has 3 N–H and O–H groups in total. The quantitative estimate of drug-likeness (QED) is 0.816. The fourth-order valence-electron chi connectivity index (χ4n) is 2.82. The van der Waals surface area contributed by atoms with Crippen LogP contribution in [0.5, 0.6) is 0 Å². The molecule has 2 atom stereocenters. The van der Waals surface area contributed by atoms with Crippen molar-refractivity contribution in [3.8, 4) is 0 Å². The number of nitrogens with one attached hydrogen (secondary N) is 1. The summed E-state index contributed by atoms with van der Waals surface area (Å²) >= 11 is 0. The van der Waals surface area contributed by atoms with Crippen molar-refractivity contribution in [1.82, 2.24) is 10.2 Å². The molecule has 0 bridgehead atoms. The second kappa shape index (κ2) is 7.07. The zero-order valence-electron chi connectivity index (χ0n) is 13.2. The third kappa shape index (κ3) is 6.37. The van der Waals surface area contributed by atoms with Gasteiger partial charge in [-0.2, -0.15) is 0 Å². The molecular formula is C15H29N3O2. The van der Waals surface area contributed by atoms with E-state index >= 15 is 0 Å². The van der Waals surface area contributed by atoms with Gasteiger partial charge in [0.15, 0.2) is 0 Å². The summed E-state index contributed by atoms with van der Waals surface area (Å²) < 4.78 is 0. The lowest BCUT2D eigenvalue weighted by Crippen LogP contribution is -2.50. The van der Waals surface area contributed by atoms with Crippen molar-refractivity contribution in [3.63, 3.8) is 0 Å². The van der Waals surface area contributed by atoms with Crippen molar-refractivity contribution in [2.24, 2.45) is 11.1 Å². The van der Waals surface area contributed by atoms with Crippen LogP contribution < -0.4 is 11.1 Å². The van der Waals surface area contributed by atoms with Gasteiger partial charge >= 0.3 is 0 Å². The number of hydrogen-bond donors (Lipinski definition) is 2. The number of likely N-dealkylation sites (tertiary alicyclic amines) is 1. The average Bonchev–Trinajstić information content (AvgIpc) is 2.25. The molecule has 0 saturated carbocycles. The van der Waals surface area contributed by atoms with Crippen LogP contribution >= 0.6 is 0 Å². The Hall–Kier alpha value is -1.10. The highest BCUT2D eigenvalue weighted by Crippen LogP contribution is 2.22. The lowest BCUT2D eigenvalue weighted by molar-refractivity contribution is -0.133. The molecule has 1 aliphatic rings. The van der Waals surface area contributed by atoms with E-state index < -0.39 is 0 Å². The Morgan fingerprint density at radius 3 is 2.60 bits per heavy atom. The topological polar surface area (TPSA) is 75.4 Å². The highest BCUT2D eigenvalue weighted by Gasteiger charge is 2.26. The molecule has 1 heterocycles. The Kier molecular flexibility index (Phi) is 5.99. The van der Waals surface area contributed by atoms with E-state index in [1.165, 1.54) is 6.92 Å². The van der Waals surface area contributed by atoms with Crippen LogP contribution in [-0.2, 0) is 9.59 Å². The first-order valence-corrected chi connectivity index (χ1v) is 7.48. The number of nitrogens with zero attached hydrogens (tertiary/aromatic N) is 1. The zero-order valence-corrected chi connectivity index (χ0v) is 13.2. The molecule has 1 aliphatic heterocycles. The van der Waals surface area contributed by atoms with Crippen LogP contribution in [-0.4, -0.2) is 41.9 Å². The van der Waals surface area contributed by atoms with E-state index in [4.69, 9.17) is 5.73 Å². The van der Waals surface area contributed by atoms with Crippen molar-refractivity contribution in [3.05, 3.63) is 0 Å². The normalized spacial score (nSPS) is 21.4. The second-order valence-electron chi connectivity index (χ2n) is 7.11. The van der Waals surface area contributed by atoms with Crippen LogP contribution in [0.15, 0.2) is 0 Å². The molecule has 0 aliphatic carbocycles. The third-order valence-corrected chi connectivity index (χ3v) is 3.49. The first kappa shape index (κ1) is 17.0. The molecule has 1 fully saturated rings. The van der Waals surface area contributed by atoms with Crippen molar-refractivity contribution in [1.29, 1.82) is 0 Å². The number of carbonyl (C=O) groups is 2. The van der Waals surface area contributed by atoms with E-state index in [9.17, 15) is 9.59 Å². The van der Waals surface area contributed by atoms with Gasteiger partial charge in [-0.15, -0.1) is 0 Å². The Labute approximate surface area is 122 Å². The molecule has 0 aromatic carbocycles. The molecule has 1 rings (SSSR count). The lowest BCUT2D eigenvalue weighted by atomic mass is 9.87. The highest BCUT2D eigenvalue weighted by atomic mass is 16.2. The molecule has 2 amide bonds. The molecule has 0 radical (unpaired) electrons. The van der Waals surface area contributed by atoms with E-state index in [1.54, 1.807) is 0 Å². The van der Waals surface area contributed by atoms with Crippen LogP contribution in [0.2, 0.25) is 0 Å². The van der Waals surface area contributed by atoms with E-state index in [0.717, 1.165) is 25.8 Å². The fraction of sp³-hybridized carbons (Fsp3) is 0.867. The van der Waals surface area contributed by atoms with Gasteiger partial charge in [-0.05, 0) is 24.7 Å². The Balaban J connectivity index is 2.44. The molecule has 5 heteroatoms. The first-order chi connectivity index (χ1) is 9.17. The summed E-state index contributed by atoms with van der Waals surface area (Å²) in [5.41, 5.74) is 6.20. The van der Waals surface area contributed by atoms with Gasteiger partial charge in [0.1, 0.15) is 0 Å². The molecule has 0 aromatic heterocycles. The van der Waals surface area contributed by atoms with Gasteiger partial charge < -0.3 is 16.0 Å². The lowest BCUT2D eigenvalue weighted by Gasteiger charge is -2.34. The van der Waals surface area contributed by atoms with E-state index in [2.05, 4.69) is 26.1 Å². The van der Waals surface area contributed by atoms with Crippen LogP contribution in [0, 0.1) is 5.41 Å². The number of amides is 2. The number of rotatable bonds is 4. The van der Waals surface area contributed by atoms with Gasteiger partial charge in [-0.3, -0.25) is 9.59 Å². The largest absolute Gasteiger partial charge is 0.352 e. The van der Waals surface area contributed by atoms with E-state index in [1.807, 2.05) is 4.90 Å². The van der Waals surface area contributed by atoms with Crippen molar-refractivity contribution < 1.29 is 9.59 Å². The summed E-state index contributed by atoms with van der Waals surface area (Å²) in [5, 5.41) is 2.89. The maximum atomic E-state index is 12.3. The summed E-state index contributed by atoms with van der Waals surface area (Å²) in [5.74, 6) is 0.0746. The Bertz CT molecular complexity index is 350. The van der Waals surface area contributed by atoms with Crippen LogP contribution in [0.4, 0.5) is 0 Å². The SMILES string of the molecule is CC(=O)NC1CCCN(C(=O)CC(N)CC(C)(C)C)C1. The first-order valence-electron chi connectivity index (χ1n) is 7.48. The van der Waals surface area contributed by atoms with Gasteiger partial charge in [-0.25, -0.2) is 0 Å². The predicted octanol–water partition coefficient (Wildman–Crippen LogP) is 1.27. The van der Waals surface area contributed by atoms with E-state index in [0.29, 0.717) is 13.0 Å². The predicted molar refractivity (Wildman–Crippen MR) is 80.1 cm³/mol. The molecule has 5 nitrogen and oxygen atoms in total. The van der Waals surface area contributed by atoms with Crippen LogP contribution in [0.1, 0.15) is 53.4 Å². The summed E-state index contributed by atoms with van der Waals surface area (Å²) in [4.78, 5) is 25.2. The monoisotopic (exact) mass is 283 g/mol. The molecule has 0 spiro atoms. The zero-order chi connectivity index (χ0) is 15.3. The minimum Gasteiger partial charge on any atom is -0.352 e. The summed E-state index contributed by atoms with van der Waals surface area (Å²) in [6.45, 7) is 9.29. The molecular weight excluding hydrogens is 254 g/mol. The number of hydrogen-bond acceptors (Lipinski definition) is 3. The van der Waals surface area contributed by atoms with Crippen molar-refractivity contribution in [2.75, 3.05) is 13.1 Å². The van der Waals surface area contributed by atoms with Gasteiger partial charge in [0.2, 0.25) is 11.8 Å². The maximum absolute atomic E-state index is 12.3. The molecule has 0 aromatic rings. The smallest absolute Gasteiger partial charge is 0.224 e. The summed E-state index contributed by atoms with van der Waals surface area (Å²) in [7, 11) is 0. The van der Waals surface area contributed by atoms with Crippen molar-refractivity contribution in [2.45, 2.75) is 65.5 Å². The third-order valence-electron chi connectivity index (χ3n) is 3.49. The Morgan fingerprint density at radius 1 is 1.40 bits per heavy atom. The Morgan fingerprint density at radius 2 is 2.05 bits per heavy atom. The summed E-state index contributed by atoms with van der Waals surface area (Å²) in [6.07, 6.45) is 3.11. The molecule has 1 saturated heterocycles. The minimum absolute atomic E-state index is 0.0336. The van der Waals surface area contributed by atoms with Crippen LogP contribution in [0.25, 0.3) is 0 Å². The van der Waals surface area contributed by atoms with E-state index in [-0.39, 0.29) is 29.3 Å². The van der Waals surface area contributed by atoms with Crippen LogP contribution in [0.3, 0.4) is 0 Å². The average molecular weight is 283 g/mol.